The standard InChI is InChI=1S/C15H16N4O5S/c1-19(2)15(23)24-10-6-4-3-5-9(10)8-16-18-14-17-13(22)11(25-14)7-12(20)21/h3-6,8,11H,7H2,1-2H3,(H,20,21)(H,17,18,22). The number of carbonyl (C=O) groups excluding carboxylic acids is 2. The zero-order valence-corrected chi connectivity index (χ0v) is 14.3. The van der Waals surface area contributed by atoms with Crippen molar-refractivity contribution in [1.29, 1.82) is 0 Å². The summed E-state index contributed by atoms with van der Waals surface area (Å²) >= 11 is 1.00. The van der Waals surface area contributed by atoms with E-state index in [2.05, 4.69) is 15.5 Å². The predicted octanol–water partition coefficient (Wildman–Crippen LogP) is 1.14. The Bertz CT molecular complexity index is 747. The van der Waals surface area contributed by atoms with Crippen LogP contribution >= 0.6 is 11.8 Å². The van der Waals surface area contributed by atoms with Crippen LogP contribution in [0, 0.1) is 0 Å². The minimum Gasteiger partial charge on any atom is -0.481 e. The van der Waals surface area contributed by atoms with Gasteiger partial charge in [-0.15, -0.1) is 5.10 Å². The summed E-state index contributed by atoms with van der Waals surface area (Å²) < 4.78 is 5.21. The Morgan fingerprint density at radius 1 is 1.40 bits per heavy atom. The number of ether oxygens (including phenoxy) is 1. The fourth-order valence-electron chi connectivity index (χ4n) is 1.75. The van der Waals surface area contributed by atoms with Gasteiger partial charge in [0.25, 0.3) is 0 Å². The van der Waals surface area contributed by atoms with E-state index in [-0.39, 0.29) is 11.6 Å². The molecule has 9 nitrogen and oxygen atoms in total. The summed E-state index contributed by atoms with van der Waals surface area (Å²) in [5, 5.41) is 18.4. The predicted molar refractivity (Wildman–Crippen MR) is 93.0 cm³/mol. The first-order valence-electron chi connectivity index (χ1n) is 7.15. The largest absolute Gasteiger partial charge is 0.481 e. The van der Waals surface area contributed by atoms with Crippen molar-refractivity contribution in [3.8, 4) is 5.75 Å². The lowest BCUT2D eigenvalue weighted by atomic mass is 10.2. The molecule has 1 heterocycles. The third kappa shape index (κ3) is 5.31. The van der Waals surface area contributed by atoms with Crippen molar-refractivity contribution in [1.82, 2.24) is 10.2 Å². The van der Waals surface area contributed by atoms with Gasteiger partial charge >= 0.3 is 12.1 Å². The first kappa shape index (κ1) is 18.5. The second-order valence-corrected chi connectivity index (χ2v) is 6.33. The van der Waals surface area contributed by atoms with Gasteiger partial charge in [-0.25, -0.2) is 4.79 Å². The first-order valence-corrected chi connectivity index (χ1v) is 8.03. The Hall–Kier alpha value is -2.88. The lowest BCUT2D eigenvalue weighted by molar-refractivity contribution is -0.138. The minimum atomic E-state index is -1.06. The van der Waals surface area contributed by atoms with E-state index in [4.69, 9.17) is 9.84 Å². The normalized spacial score (nSPS) is 18.4. The summed E-state index contributed by atoms with van der Waals surface area (Å²) in [7, 11) is 3.14. The first-order chi connectivity index (χ1) is 11.9. The van der Waals surface area contributed by atoms with Crippen LogP contribution in [-0.4, -0.2) is 58.7 Å². The zero-order valence-electron chi connectivity index (χ0n) is 13.5. The number of amides is 2. The fourth-order valence-corrected chi connectivity index (χ4v) is 2.67. The summed E-state index contributed by atoms with van der Waals surface area (Å²) in [5.74, 6) is -1.16. The van der Waals surface area contributed by atoms with Gasteiger partial charge in [-0.1, -0.05) is 23.9 Å². The summed E-state index contributed by atoms with van der Waals surface area (Å²) in [5.41, 5.74) is 0.526. The van der Waals surface area contributed by atoms with Gasteiger partial charge in [0.15, 0.2) is 5.17 Å². The third-order valence-electron chi connectivity index (χ3n) is 2.96. The highest BCUT2D eigenvalue weighted by atomic mass is 32.2. The maximum absolute atomic E-state index is 11.6. The van der Waals surface area contributed by atoms with Crippen molar-refractivity contribution in [2.45, 2.75) is 11.7 Å². The second kappa shape index (κ2) is 8.29. The lowest BCUT2D eigenvalue weighted by Gasteiger charge is -2.11. The maximum Gasteiger partial charge on any atom is 0.414 e. The van der Waals surface area contributed by atoms with Crippen LogP contribution in [0.5, 0.6) is 5.75 Å². The van der Waals surface area contributed by atoms with Gasteiger partial charge in [0.2, 0.25) is 5.91 Å². The number of amidine groups is 1. The maximum atomic E-state index is 11.6. The molecule has 0 spiro atoms. The molecule has 1 aromatic carbocycles. The molecular formula is C15H16N4O5S. The van der Waals surface area contributed by atoms with Gasteiger partial charge in [-0.2, -0.15) is 5.10 Å². The number of rotatable bonds is 5. The van der Waals surface area contributed by atoms with E-state index in [0.29, 0.717) is 11.3 Å². The van der Waals surface area contributed by atoms with Crippen LogP contribution in [-0.2, 0) is 9.59 Å². The van der Waals surface area contributed by atoms with Gasteiger partial charge < -0.3 is 20.1 Å². The molecule has 0 saturated carbocycles. The van der Waals surface area contributed by atoms with E-state index in [9.17, 15) is 14.4 Å². The van der Waals surface area contributed by atoms with Crippen LogP contribution in [0.2, 0.25) is 0 Å². The molecule has 0 bridgehead atoms. The van der Waals surface area contributed by atoms with E-state index in [1.807, 2.05) is 0 Å². The van der Waals surface area contributed by atoms with Gasteiger partial charge in [-0.3, -0.25) is 9.59 Å². The lowest BCUT2D eigenvalue weighted by Crippen LogP contribution is -2.26. The van der Waals surface area contributed by atoms with Crippen molar-refractivity contribution in [3.05, 3.63) is 29.8 Å². The molecule has 2 rings (SSSR count). The number of para-hydroxylation sites is 1. The molecule has 1 saturated heterocycles. The molecule has 1 aliphatic heterocycles. The Morgan fingerprint density at radius 2 is 2.12 bits per heavy atom. The highest BCUT2D eigenvalue weighted by Gasteiger charge is 2.32. The van der Waals surface area contributed by atoms with Crippen molar-refractivity contribution >= 4 is 41.1 Å². The van der Waals surface area contributed by atoms with E-state index < -0.39 is 23.2 Å². The summed E-state index contributed by atoms with van der Waals surface area (Å²) in [4.78, 5) is 35.2. The molecule has 2 N–H and O–H groups in total. The van der Waals surface area contributed by atoms with Crippen LogP contribution in [0.3, 0.4) is 0 Å². The summed E-state index contributed by atoms with van der Waals surface area (Å²) in [6, 6.07) is 6.77. The summed E-state index contributed by atoms with van der Waals surface area (Å²) in [6.45, 7) is 0. The number of carboxylic acid groups (broad SMARTS) is 1. The number of hydrogen-bond acceptors (Lipinski definition) is 7. The molecule has 1 atom stereocenters. The monoisotopic (exact) mass is 364 g/mol. The topological polar surface area (TPSA) is 121 Å². The number of hydrogen-bond donors (Lipinski definition) is 2. The van der Waals surface area contributed by atoms with Gasteiger partial charge in [0, 0.05) is 19.7 Å². The molecule has 1 unspecified atom stereocenters. The summed E-state index contributed by atoms with van der Waals surface area (Å²) in [6.07, 6.45) is 0.563. The fraction of sp³-hybridized carbons (Fsp3) is 0.267. The van der Waals surface area contributed by atoms with Crippen molar-refractivity contribution < 1.29 is 24.2 Å². The Balaban J connectivity index is 2.06. The molecule has 25 heavy (non-hydrogen) atoms. The average molecular weight is 364 g/mol. The molecule has 1 aliphatic rings. The number of nitrogens with zero attached hydrogens (tertiary/aromatic N) is 3. The van der Waals surface area contributed by atoms with Crippen LogP contribution in [0.4, 0.5) is 4.79 Å². The molecule has 0 aliphatic carbocycles. The van der Waals surface area contributed by atoms with E-state index in [0.717, 1.165) is 11.8 Å². The molecule has 1 aromatic rings. The van der Waals surface area contributed by atoms with Gasteiger partial charge in [0.05, 0.1) is 12.6 Å². The molecule has 2 amide bonds. The SMILES string of the molecule is CN(C)C(=O)Oc1ccccc1C=NN=C1NC(=O)C(CC(=O)O)S1. The Morgan fingerprint density at radius 3 is 2.80 bits per heavy atom. The number of benzene rings is 1. The number of carbonyl (C=O) groups is 3. The number of nitrogens with one attached hydrogen (secondary N) is 1. The Kier molecular flexibility index (Phi) is 6.12. The van der Waals surface area contributed by atoms with Crippen LogP contribution in [0.1, 0.15) is 12.0 Å². The second-order valence-electron chi connectivity index (χ2n) is 5.14. The zero-order chi connectivity index (χ0) is 18.4. The van der Waals surface area contributed by atoms with Crippen molar-refractivity contribution in [3.63, 3.8) is 0 Å². The number of thioether (sulfide) groups is 1. The van der Waals surface area contributed by atoms with Gasteiger partial charge in [0.1, 0.15) is 11.0 Å². The molecule has 10 heteroatoms. The molecule has 0 radical (unpaired) electrons. The van der Waals surface area contributed by atoms with Crippen molar-refractivity contribution in [2.24, 2.45) is 10.2 Å². The van der Waals surface area contributed by atoms with Crippen LogP contribution in [0.25, 0.3) is 0 Å². The van der Waals surface area contributed by atoms with Crippen LogP contribution < -0.4 is 10.1 Å². The van der Waals surface area contributed by atoms with Crippen LogP contribution in [0.15, 0.2) is 34.5 Å². The van der Waals surface area contributed by atoms with Gasteiger partial charge in [-0.05, 0) is 12.1 Å². The van der Waals surface area contributed by atoms with E-state index >= 15 is 0 Å². The Labute approximate surface area is 147 Å². The molecule has 0 aromatic heterocycles. The number of carboxylic acids is 1. The number of aliphatic carboxylic acids is 1. The van der Waals surface area contributed by atoms with Crippen molar-refractivity contribution in [2.75, 3.05) is 14.1 Å². The van der Waals surface area contributed by atoms with E-state index in [1.54, 1.807) is 38.4 Å². The molecule has 132 valence electrons. The average Bonchev–Trinajstić information content (AvgIpc) is 2.88. The van der Waals surface area contributed by atoms with E-state index in [1.165, 1.54) is 11.1 Å². The minimum absolute atomic E-state index is 0.218. The molecular weight excluding hydrogens is 348 g/mol. The molecule has 1 fully saturated rings. The third-order valence-corrected chi connectivity index (χ3v) is 4.04. The highest BCUT2D eigenvalue weighted by molar-refractivity contribution is 8.15. The highest BCUT2D eigenvalue weighted by Crippen LogP contribution is 2.22. The quantitative estimate of drug-likeness (QED) is 0.597. The smallest absolute Gasteiger partial charge is 0.414 e.